The Labute approximate surface area is 106 Å². The van der Waals surface area contributed by atoms with Crippen LogP contribution in [0.1, 0.15) is 5.69 Å². The lowest BCUT2D eigenvalue weighted by Crippen LogP contribution is -2.29. The van der Waals surface area contributed by atoms with E-state index in [1.165, 1.54) is 0 Å². The number of nitrogens with one attached hydrogen (secondary N) is 1. The van der Waals surface area contributed by atoms with Crippen LogP contribution in [0.3, 0.4) is 0 Å². The Morgan fingerprint density at radius 2 is 2.17 bits per heavy atom. The van der Waals surface area contributed by atoms with E-state index in [0.29, 0.717) is 13.1 Å². The molecule has 18 heavy (non-hydrogen) atoms. The number of fused-ring (bicyclic) bond motifs is 1. The molecule has 0 aliphatic carbocycles. The van der Waals surface area contributed by atoms with Crippen LogP contribution in [0, 0.1) is 6.92 Å². The summed E-state index contributed by atoms with van der Waals surface area (Å²) in [6.45, 7) is 3.22. The van der Waals surface area contributed by atoms with Gasteiger partial charge in [0.25, 0.3) is 0 Å². The van der Waals surface area contributed by atoms with Crippen LogP contribution >= 0.6 is 0 Å². The average Bonchev–Trinajstić information content (AvgIpc) is 2.76. The minimum Gasteiger partial charge on any atom is -0.484 e. The fourth-order valence-corrected chi connectivity index (χ4v) is 2.24. The monoisotopic (exact) mass is 244 g/mol. The van der Waals surface area contributed by atoms with Crippen LogP contribution < -0.4 is 10.1 Å². The van der Waals surface area contributed by atoms with Crippen molar-refractivity contribution in [1.29, 1.82) is 0 Å². The summed E-state index contributed by atoms with van der Waals surface area (Å²) < 4.78 is 5.88. The number of aliphatic hydroxyl groups excluding tert-OH is 1. The second-order valence-corrected chi connectivity index (χ2v) is 4.66. The number of para-hydroxylation sites is 1. The lowest BCUT2D eigenvalue weighted by Gasteiger charge is -2.17. The fourth-order valence-electron chi connectivity index (χ4n) is 2.24. The zero-order valence-electron chi connectivity index (χ0n) is 10.3. The maximum Gasteiger partial charge on any atom is 0.146 e. The van der Waals surface area contributed by atoms with Crippen molar-refractivity contribution in [3.63, 3.8) is 0 Å². The first-order chi connectivity index (χ1) is 8.74. The van der Waals surface area contributed by atoms with Gasteiger partial charge in [-0.1, -0.05) is 18.2 Å². The Hall–Kier alpha value is -1.65. The molecule has 0 unspecified atom stereocenters. The molecule has 1 fully saturated rings. The van der Waals surface area contributed by atoms with Crippen LogP contribution in [0.5, 0.6) is 5.75 Å². The SMILES string of the molecule is Cc1ccc2cccc(O[C@H]3CNC[C@@H]3O)c2n1. The number of aromatic nitrogens is 1. The molecule has 2 atom stereocenters. The quantitative estimate of drug-likeness (QED) is 0.835. The molecule has 1 aliphatic heterocycles. The van der Waals surface area contributed by atoms with Crippen LogP contribution in [0.2, 0.25) is 0 Å². The summed E-state index contributed by atoms with van der Waals surface area (Å²) in [5.74, 6) is 0.740. The van der Waals surface area contributed by atoms with E-state index in [4.69, 9.17) is 4.74 Å². The van der Waals surface area contributed by atoms with E-state index in [1.54, 1.807) is 0 Å². The van der Waals surface area contributed by atoms with Crippen molar-refractivity contribution in [2.75, 3.05) is 13.1 Å². The molecule has 1 aliphatic rings. The molecule has 3 rings (SSSR count). The summed E-state index contributed by atoms with van der Waals surface area (Å²) >= 11 is 0. The first-order valence-electron chi connectivity index (χ1n) is 6.16. The van der Waals surface area contributed by atoms with Gasteiger partial charge in [0.05, 0.1) is 0 Å². The third kappa shape index (κ3) is 2.05. The third-order valence-electron chi connectivity index (χ3n) is 3.23. The zero-order valence-corrected chi connectivity index (χ0v) is 10.3. The van der Waals surface area contributed by atoms with Gasteiger partial charge in [-0.3, -0.25) is 0 Å². The van der Waals surface area contributed by atoms with Crippen LogP contribution in [0.25, 0.3) is 10.9 Å². The van der Waals surface area contributed by atoms with E-state index in [2.05, 4.69) is 10.3 Å². The maximum absolute atomic E-state index is 9.77. The van der Waals surface area contributed by atoms with E-state index in [9.17, 15) is 5.11 Å². The molecular formula is C14H16N2O2. The van der Waals surface area contributed by atoms with Crippen molar-refractivity contribution >= 4 is 10.9 Å². The van der Waals surface area contributed by atoms with Crippen molar-refractivity contribution in [3.05, 3.63) is 36.0 Å². The lowest BCUT2D eigenvalue weighted by molar-refractivity contribution is 0.0747. The topological polar surface area (TPSA) is 54.4 Å². The molecule has 0 bridgehead atoms. The standard InChI is InChI=1S/C14H16N2O2/c1-9-5-6-10-3-2-4-12(14(10)16-9)18-13-8-15-7-11(13)17/h2-6,11,13,15,17H,7-8H2,1H3/t11-,13-/m0/s1. The molecule has 2 N–H and O–H groups in total. The number of nitrogens with zero attached hydrogens (tertiary/aromatic N) is 1. The summed E-state index contributed by atoms with van der Waals surface area (Å²) in [5, 5.41) is 13.9. The highest BCUT2D eigenvalue weighted by molar-refractivity contribution is 5.84. The minimum atomic E-state index is -0.454. The molecule has 2 aromatic rings. The number of hydrogen-bond acceptors (Lipinski definition) is 4. The number of aryl methyl sites for hydroxylation is 1. The molecular weight excluding hydrogens is 228 g/mol. The Balaban J connectivity index is 1.98. The van der Waals surface area contributed by atoms with Crippen molar-refractivity contribution in [2.45, 2.75) is 19.1 Å². The van der Waals surface area contributed by atoms with Crippen molar-refractivity contribution in [2.24, 2.45) is 0 Å². The highest BCUT2D eigenvalue weighted by Crippen LogP contribution is 2.25. The number of ether oxygens (including phenoxy) is 1. The highest BCUT2D eigenvalue weighted by Gasteiger charge is 2.27. The van der Waals surface area contributed by atoms with Crippen LogP contribution in [0.4, 0.5) is 0 Å². The van der Waals surface area contributed by atoms with Crippen molar-refractivity contribution < 1.29 is 9.84 Å². The van der Waals surface area contributed by atoms with Gasteiger partial charge < -0.3 is 15.2 Å². The van der Waals surface area contributed by atoms with Crippen molar-refractivity contribution in [3.8, 4) is 5.75 Å². The molecule has 0 amide bonds. The molecule has 4 nitrogen and oxygen atoms in total. The molecule has 0 saturated carbocycles. The molecule has 0 spiro atoms. The lowest BCUT2D eigenvalue weighted by atomic mass is 10.2. The summed E-state index contributed by atoms with van der Waals surface area (Å²) in [6.07, 6.45) is -0.650. The van der Waals surface area contributed by atoms with E-state index < -0.39 is 6.10 Å². The zero-order chi connectivity index (χ0) is 12.5. The highest BCUT2D eigenvalue weighted by atomic mass is 16.5. The molecule has 2 heterocycles. The van der Waals surface area contributed by atoms with Crippen LogP contribution in [-0.4, -0.2) is 35.4 Å². The van der Waals surface area contributed by atoms with Gasteiger partial charge in [0.2, 0.25) is 0 Å². The Morgan fingerprint density at radius 3 is 2.94 bits per heavy atom. The van der Waals surface area contributed by atoms with Gasteiger partial charge in [-0.05, 0) is 19.1 Å². The molecule has 1 saturated heterocycles. The van der Waals surface area contributed by atoms with Crippen LogP contribution in [-0.2, 0) is 0 Å². The summed E-state index contributed by atoms with van der Waals surface area (Å²) in [6, 6.07) is 9.88. The number of benzene rings is 1. The first-order valence-corrected chi connectivity index (χ1v) is 6.16. The second-order valence-electron chi connectivity index (χ2n) is 4.66. The predicted molar refractivity (Wildman–Crippen MR) is 69.8 cm³/mol. The fraction of sp³-hybridized carbons (Fsp3) is 0.357. The minimum absolute atomic E-state index is 0.196. The van der Waals surface area contributed by atoms with Gasteiger partial charge in [-0.25, -0.2) is 4.98 Å². The number of hydrogen-bond donors (Lipinski definition) is 2. The summed E-state index contributed by atoms with van der Waals surface area (Å²) in [5.41, 5.74) is 1.82. The number of β-amino-alcohol motifs (C(OH)–C–C–N with tert-alkyl or cyclic N) is 1. The number of pyridine rings is 1. The Kier molecular flexibility index (Phi) is 2.89. The van der Waals surface area contributed by atoms with E-state index in [-0.39, 0.29) is 6.10 Å². The maximum atomic E-state index is 9.77. The normalized spacial score (nSPS) is 23.4. The van der Waals surface area contributed by atoms with Gasteiger partial charge in [0, 0.05) is 24.2 Å². The molecule has 0 radical (unpaired) electrons. The average molecular weight is 244 g/mol. The number of rotatable bonds is 2. The molecule has 4 heteroatoms. The molecule has 94 valence electrons. The summed E-state index contributed by atoms with van der Waals surface area (Å²) in [7, 11) is 0. The van der Waals surface area contributed by atoms with Gasteiger partial charge in [-0.15, -0.1) is 0 Å². The number of aliphatic hydroxyl groups is 1. The molecule has 1 aromatic carbocycles. The largest absolute Gasteiger partial charge is 0.484 e. The van der Waals surface area contributed by atoms with Gasteiger partial charge in [0.15, 0.2) is 0 Å². The van der Waals surface area contributed by atoms with Gasteiger partial charge >= 0.3 is 0 Å². The third-order valence-corrected chi connectivity index (χ3v) is 3.23. The Bertz CT molecular complexity index is 571. The van der Waals surface area contributed by atoms with Gasteiger partial charge in [-0.2, -0.15) is 0 Å². The second kappa shape index (κ2) is 4.55. The summed E-state index contributed by atoms with van der Waals surface area (Å²) in [4.78, 5) is 4.52. The van der Waals surface area contributed by atoms with E-state index in [1.807, 2.05) is 37.3 Å². The first kappa shape index (κ1) is 11.4. The molecule has 1 aromatic heterocycles. The Morgan fingerprint density at radius 1 is 1.28 bits per heavy atom. The van der Waals surface area contributed by atoms with E-state index in [0.717, 1.165) is 22.3 Å². The predicted octanol–water partition coefficient (Wildman–Crippen LogP) is 1.25. The van der Waals surface area contributed by atoms with Gasteiger partial charge in [0.1, 0.15) is 23.5 Å². The van der Waals surface area contributed by atoms with Crippen molar-refractivity contribution in [1.82, 2.24) is 10.3 Å². The van der Waals surface area contributed by atoms with Crippen LogP contribution in [0.15, 0.2) is 30.3 Å². The van der Waals surface area contributed by atoms with E-state index >= 15 is 0 Å². The smallest absolute Gasteiger partial charge is 0.146 e.